The van der Waals surface area contributed by atoms with Crippen LogP contribution in [0.15, 0.2) is 53.0 Å². The SMILES string of the molecule is O=C(CS(=O)(=O)Cc1cccc(Br)c1)Nc1ccc(C(=O)N2CCCC2)cc1. The van der Waals surface area contributed by atoms with E-state index in [-0.39, 0.29) is 11.7 Å². The van der Waals surface area contributed by atoms with Gasteiger partial charge in [0.25, 0.3) is 5.91 Å². The minimum Gasteiger partial charge on any atom is -0.339 e. The number of hydrogen-bond donors (Lipinski definition) is 1. The normalized spacial score (nSPS) is 14.1. The van der Waals surface area contributed by atoms with Gasteiger partial charge < -0.3 is 10.2 Å². The van der Waals surface area contributed by atoms with Gasteiger partial charge in [-0.1, -0.05) is 28.1 Å². The molecule has 8 heteroatoms. The summed E-state index contributed by atoms with van der Waals surface area (Å²) >= 11 is 3.30. The minimum atomic E-state index is -3.60. The smallest absolute Gasteiger partial charge is 0.253 e. The maximum atomic E-state index is 12.3. The van der Waals surface area contributed by atoms with Gasteiger partial charge in [0, 0.05) is 28.8 Å². The van der Waals surface area contributed by atoms with Crippen molar-refractivity contribution >= 4 is 43.3 Å². The Morgan fingerprint density at radius 1 is 1.04 bits per heavy atom. The van der Waals surface area contributed by atoms with E-state index in [1.54, 1.807) is 48.5 Å². The fourth-order valence-electron chi connectivity index (χ4n) is 3.13. The molecule has 148 valence electrons. The molecule has 1 fully saturated rings. The summed E-state index contributed by atoms with van der Waals surface area (Å²) < 4.78 is 25.3. The Kier molecular flexibility index (Phi) is 6.51. The molecule has 0 aromatic heterocycles. The average Bonchev–Trinajstić information content (AvgIpc) is 3.15. The van der Waals surface area contributed by atoms with Crippen molar-refractivity contribution in [3.05, 3.63) is 64.1 Å². The molecular formula is C20H21BrN2O4S. The molecule has 0 aliphatic carbocycles. The Hall–Kier alpha value is -2.19. The number of rotatable bonds is 6. The lowest BCUT2D eigenvalue weighted by atomic mass is 10.2. The summed E-state index contributed by atoms with van der Waals surface area (Å²) in [4.78, 5) is 26.3. The highest BCUT2D eigenvalue weighted by Crippen LogP contribution is 2.17. The molecule has 1 N–H and O–H groups in total. The van der Waals surface area contributed by atoms with Crippen LogP contribution in [0.2, 0.25) is 0 Å². The van der Waals surface area contributed by atoms with E-state index in [1.807, 2.05) is 4.90 Å². The Morgan fingerprint density at radius 2 is 1.71 bits per heavy atom. The number of sulfone groups is 1. The molecule has 0 unspecified atom stereocenters. The van der Waals surface area contributed by atoms with E-state index in [2.05, 4.69) is 21.2 Å². The monoisotopic (exact) mass is 464 g/mol. The summed E-state index contributed by atoms with van der Waals surface area (Å²) in [5, 5.41) is 2.58. The quantitative estimate of drug-likeness (QED) is 0.710. The Morgan fingerprint density at radius 3 is 2.36 bits per heavy atom. The third-order valence-electron chi connectivity index (χ3n) is 4.44. The summed E-state index contributed by atoms with van der Waals surface area (Å²) in [5.41, 5.74) is 1.63. The van der Waals surface area contributed by atoms with Crippen LogP contribution >= 0.6 is 15.9 Å². The fourth-order valence-corrected chi connectivity index (χ4v) is 4.84. The van der Waals surface area contributed by atoms with Gasteiger partial charge in [-0.15, -0.1) is 0 Å². The van der Waals surface area contributed by atoms with Gasteiger partial charge in [0.05, 0.1) is 5.75 Å². The molecule has 1 aliphatic rings. The second-order valence-corrected chi connectivity index (χ2v) is 9.77. The van der Waals surface area contributed by atoms with Gasteiger partial charge in [-0.05, 0) is 54.8 Å². The van der Waals surface area contributed by atoms with E-state index in [9.17, 15) is 18.0 Å². The molecule has 0 saturated carbocycles. The van der Waals surface area contributed by atoms with Gasteiger partial charge in [-0.3, -0.25) is 9.59 Å². The lowest BCUT2D eigenvalue weighted by molar-refractivity contribution is -0.113. The summed E-state index contributed by atoms with van der Waals surface area (Å²) in [6.45, 7) is 1.54. The number of hydrogen-bond acceptors (Lipinski definition) is 4. The van der Waals surface area contributed by atoms with Gasteiger partial charge in [0.2, 0.25) is 5.91 Å². The number of nitrogens with one attached hydrogen (secondary N) is 1. The molecule has 2 aromatic carbocycles. The number of amides is 2. The largest absolute Gasteiger partial charge is 0.339 e. The molecule has 28 heavy (non-hydrogen) atoms. The first-order chi connectivity index (χ1) is 13.3. The number of carbonyl (C=O) groups excluding carboxylic acids is 2. The number of benzene rings is 2. The van der Waals surface area contributed by atoms with Crippen molar-refractivity contribution in [1.29, 1.82) is 0 Å². The van der Waals surface area contributed by atoms with Crippen molar-refractivity contribution in [2.24, 2.45) is 0 Å². The summed E-state index contributed by atoms with van der Waals surface area (Å²) in [6.07, 6.45) is 2.04. The average molecular weight is 465 g/mol. The number of carbonyl (C=O) groups is 2. The highest BCUT2D eigenvalue weighted by atomic mass is 79.9. The van der Waals surface area contributed by atoms with Crippen LogP contribution in [-0.4, -0.2) is 44.0 Å². The van der Waals surface area contributed by atoms with Crippen LogP contribution in [0, 0.1) is 0 Å². The van der Waals surface area contributed by atoms with Crippen LogP contribution in [-0.2, 0) is 20.4 Å². The first-order valence-corrected chi connectivity index (χ1v) is 11.6. The van der Waals surface area contributed by atoms with Crippen LogP contribution in [0.25, 0.3) is 0 Å². The molecule has 0 bridgehead atoms. The van der Waals surface area contributed by atoms with Crippen molar-refractivity contribution in [3.63, 3.8) is 0 Å². The van der Waals surface area contributed by atoms with Gasteiger partial charge in [-0.2, -0.15) is 0 Å². The predicted molar refractivity (Wildman–Crippen MR) is 112 cm³/mol. The molecule has 1 saturated heterocycles. The second-order valence-electron chi connectivity index (χ2n) is 6.79. The topological polar surface area (TPSA) is 83.5 Å². The van der Waals surface area contributed by atoms with Crippen molar-refractivity contribution in [3.8, 4) is 0 Å². The molecule has 1 heterocycles. The third kappa shape index (κ3) is 5.65. The van der Waals surface area contributed by atoms with Crippen molar-refractivity contribution in [2.75, 3.05) is 24.2 Å². The number of anilines is 1. The highest BCUT2D eigenvalue weighted by Gasteiger charge is 2.20. The van der Waals surface area contributed by atoms with Crippen LogP contribution in [0.5, 0.6) is 0 Å². The molecule has 2 amide bonds. The third-order valence-corrected chi connectivity index (χ3v) is 6.40. The maximum Gasteiger partial charge on any atom is 0.253 e. The molecule has 0 atom stereocenters. The summed E-state index contributed by atoms with van der Waals surface area (Å²) in [7, 11) is -3.60. The molecule has 1 aliphatic heterocycles. The van der Waals surface area contributed by atoms with E-state index < -0.39 is 21.5 Å². The zero-order chi connectivity index (χ0) is 20.1. The number of halogens is 1. The second kappa shape index (κ2) is 8.87. The Balaban J connectivity index is 1.57. The Bertz CT molecular complexity index is 968. The lowest BCUT2D eigenvalue weighted by Gasteiger charge is -2.15. The fraction of sp³-hybridized carbons (Fsp3) is 0.300. The lowest BCUT2D eigenvalue weighted by Crippen LogP contribution is -2.27. The summed E-state index contributed by atoms with van der Waals surface area (Å²) in [6, 6.07) is 13.5. The zero-order valence-corrected chi connectivity index (χ0v) is 17.6. The van der Waals surface area contributed by atoms with Crippen molar-refractivity contribution in [1.82, 2.24) is 4.90 Å². The Labute approximate surface area is 173 Å². The molecular weight excluding hydrogens is 444 g/mol. The predicted octanol–water partition coefficient (Wildman–Crippen LogP) is 3.24. The molecule has 2 aromatic rings. The zero-order valence-electron chi connectivity index (χ0n) is 15.2. The van der Waals surface area contributed by atoms with E-state index in [0.29, 0.717) is 16.8 Å². The maximum absolute atomic E-state index is 12.3. The molecule has 6 nitrogen and oxygen atoms in total. The van der Waals surface area contributed by atoms with Crippen LogP contribution in [0.3, 0.4) is 0 Å². The van der Waals surface area contributed by atoms with E-state index in [0.717, 1.165) is 30.4 Å². The van der Waals surface area contributed by atoms with Gasteiger partial charge in [-0.25, -0.2) is 8.42 Å². The first kappa shape index (κ1) is 20.5. The standard InChI is InChI=1S/C20H21BrN2O4S/c21-17-5-3-4-15(12-17)13-28(26,27)14-19(24)22-18-8-6-16(7-9-18)20(25)23-10-1-2-11-23/h3-9,12H,1-2,10-11,13-14H2,(H,22,24). The number of likely N-dealkylation sites (tertiary alicyclic amines) is 1. The van der Waals surface area contributed by atoms with Crippen molar-refractivity contribution < 1.29 is 18.0 Å². The van der Waals surface area contributed by atoms with Gasteiger partial charge in [0.15, 0.2) is 9.84 Å². The number of nitrogens with zero attached hydrogens (tertiary/aromatic N) is 1. The molecule has 0 spiro atoms. The van der Waals surface area contributed by atoms with E-state index >= 15 is 0 Å². The summed E-state index contributed by atoms with van der Waals surface area (Å²) in [5.74, 6) is -1.43. The van der Waals surface area contributed by atoms with Crippen LogP contribution in [0.4, 0.5) is 5.69 Å². The van der Waals surface area contributed by atoms with Gasteiger partial charge in [0.1, 0.15) is 5.75 Å². The molecule has 3 rings (SSSR count). The highest BCUT2D eigenvalue weighted by molar-refractivity contribution is 9.10. The van der Waals surface area contributed by atoms with Crippen molar-refractivity contribution in [2.45, 2.75) is 18.6 Å². The minimum absolute atomic E-state index is 0.0213. The van der Waals surface area contributed by atoms with Crippen LogP contribution < -0.4 is 5.32 Å². The first-order valence-electron chi connectivity index (χ1n) is 8.96. The van der Waals surface area contributed by atoms with E-state index in [1.165, 1.54) is 0 Å². The molecule has 0 radical (unpaired) electrons. The van der Waals surface area contributed by atoms with Gasteiger partial charge >= 0.3 is 0 Å². The van der Waals surface area contributed by atoms with Crippen LogP contribution in [0.1, 0.15) is 28.8 Å². The van der Waals surface area contributed by atoms with E-state index in [4.69, 9.17) is 0 Å².